The van der Waals surface area contributed by atoms with Crippen LogP contribution in [0.5, 0.6) is 0 Å². The standard InChI is InChI=1S/C14H15NO5/c15-13(18)14(6-5-11(16)20-14)19-10-7-8-3-1-2-4-9(8)12(10)17/h1-4,10,12,17H,5-7H2,(H2,15,18). The van der Waals surface area contributed by atoms with E-state index in [2.05, 4.69) is 0 Å². The zero-order valence-electron chi connectivity index (χ0n) is 10.7. The minimum absolute atomic E-state index is 0.0820. The molecule has 0 saturated carbocycles. The first-order valence-electron chi connectivity index (χ1n) is 6.47. The molecule has 3 unspecified atom stereocenters. The Labute approximate surface area is 115 Å². The summed E-state index contributed by atoms with van der Waals surface area (Å²) >= 11 is 0. The summed E-state index contributed by atoms with van der Waals surface area (Å²) in [6, 6.07) is 7.39. The number of nitrogens with two attached hydrogens (primary N) is 1. The molecule has 1 aliphatic carbocycles. The molecule has 6 nitrogen and oxygen atoms in total. The molecule has 1 aromatic carbocycles. The third kappa shape index (κ3) is 1.97. The first kappa shape index (κ1) is 13.1. The third-order valence-electron chi connectivity index (χ3n) is 3.80. The number of hydrogen-bond donors (Lipinski definition) is 2. The summed E-state index contributed by atoms with van der Waals surface area (Å²) in [5, 5.41) is 10.2. The Morgan fingerprint density at radius 1 is 1.45 bits per heavy atom. The smallest absolute Gasteiger partial charge is 0.309 e. The van der Waals surface area contributed by atoms with Crippen LogP contribution in [0.2, 0.25) is 0 Å². The Morgan fingerprint density at radius 3 is 2.80 bits per heavy atom. The normalized spacial score (nSPS) is 31.9. The van der Waals surface area contributed by atoms with Crippen LogP contribution in [0.25, 0.3) is 0 Å². The summed E-state index contributed by atoms with van der Waals surface area (Å²) in [6.07, 6.45) is -0.892. The van der Waals surface area contributed by atoms with Crippen molar-refractivity contribution in [3.05, 3.63) is 35.4 Å². The molecule has 1 aromatic rings. The summed E-state index contributed by atoms with van der Waals surface area (Å²) in [4.78, 5) is 22.8. The molecule has 1 aliphatic heterocycles. The average molecular weight is 277 g/mol. The van der Waals surface area contributed by atoms with E-state index in [1.54, 1.807) is 6.07 Å². The number of amides is 1. The molecule has 3 N–H and O–H groups in total. The Morgan fingerprint density at radius 2 is 2.20 bits per heavy atom. The molecule has 0 spiro atoms. The summed E-state index contributed by atoms with van der Waals surface area (Å²) in [5.74, 6) is -3.11. The first-order chi connectivity index (χ1) is 9.52. The molecule has 1 heterocycles. The highest BCUT2D eigenvalue weighted by Crippen LogP contribution is 2.38. The largest absolute Gasteiger partial charge is 0.423 e. The number of benzene rings is 1. The molecule has 0 aromatic heterocycles. The maximum absolute atomic E-state index is 11.6. The van der Waals surface area contributed by atoms with Crippen molar-refractivity contribution < 1.29 is 24.2 Å². The maximum Gasteiger partial charge on any atom is 0.309 e. The van der Waals surface area contributed by atoms with Gasteiger partial charge in [-0.1, -0.05) is 24.3 Å². The summed E-state index contributed by atoms with van der Waals surface area (Å²) < 4.78 is 10.6. The van der Waals surface area contributed by atoms with E-state index in [0.29, 0.717) is 6.42 Å². The van der Waals surface area contributed by atoms with Crippen molar-refractivity contribution in [2.75, 3.05) is 0 Å². The van der Waals surface area contributed by atoms with E-state index in [-0.39, 0.29) is 12.8 Å². The lowest BCUT2D eigenvalue weighted by Crippen LogP contribution is -2.49. The predicted molar refractivity (Wildman–Crippen MR) is 67.2 cm³/mol. The molecule has 1 amide bonds. The Hall–Kier alpha value is -1.92. The second kappa shape index (κ2) is 4.57. The van der Waals surface area contributed by atoms with Crippen molar-refractivity contribution in [1.82, 2.24) is 0 Å². The topological polar surface area (TPSA) is 98.9 Å². The Balaban J connectivity index is 1.82. The third-order valence-corrected chi connectivity index (χ3v) is 3.80. The van der Waals surface area contributed by atoms with Crippen molar-refractivity contribution in [2.45, 2.75) is 37.3 Å². The van der Waals surface area contributed by atoms with E-state index in [0.717, 1.165) is 11.1 Å². The van der Waals surface area contributed by atoms with Crippen LogP contribution in [0.3, 0.4) is 0 Å². The van der Waals surface area contributed by atoms with Gasteiger partial charge in [-0.15, -0.1) is 0 Å². The lowest BCUT2D eigenvalue weighted by atomic mass is 10.1. The number of carbonyl (C=O) groups excluding carboxylic acids is 2. The van der Waals surface area contributed by atoms with Crippen LogP contribution in [0, 0.1) is 0 Å². The van der Waals surface area contributed by atoms with Crippen molar-refractivity contribution in [3.63, 3.8) is 0 Å². The molecule has 106 valence electrons. The molecule has 3 atom stereocenters. The minimum Gasteiger partial charge on any atom is -0.423 e. The van der Waals surface area contributed by atoms with Crippen molar-refractivity contribution in [3.8, 4) is 0 Å². The van der Waals surface area contributed by atoms with Gasteiger partial charge in [-0.2, -0.15) is 0 Å². The van der Waals surface area contributed by atoms with Gasteiger partial charge in [-0.25, -0.2) is 0 Å². The molecule has 2 aliphatic rings. The van der Waals surface area contributed by atoms with Gasteiger partial charge in [0, 0.05) is 12.8 Å². The predicted octanol–water partition coefficient (Wildman–Crippen LogP) is 0.180. The van der Waals surface area contributed by atoms with Crippen LogP contribution in [0.1, 0.15) is 30.1 Å². The van der Waals surface area contributed by atoms with Gasteiger partial charge in [-0.05, 0) is 11.1 Å². The van der Waals surface area contributed by atoms with Gasteiger partial charge in [0.2, 0.25) is 0 Å². The van der Waals surface area contributed by atoms with E-state index >= 15 is 0 Å². The molecule has 0 bridgehead atoms. The number of carbonyl (C=O) groups is 2. The Bertz CT molecular complexity index is 572. The van der Waals surface area contributed by atoms with E-state index in [9.17, 15) is 14.7 Å². The van der Waals surface area contributed by atoms with Crippen molar-refractivity contribution in [1.29, 1.82) is 0 Å². The second-order valence-electron chi connectivity index (χ2n) is 5.10. The van der Waals surface area contributed by atoms with Crippen LogP contribution in [0.4, 0.5) is 0 Å². The van der Waals surface area contributed by atoms with Crippen molar-refractivity contribution >= 4 is 11.9 Å². The zero-order chi connectivity index (χ0) is 14.3. The van der Waals surface area contributed by atoms with Gasteiger partial charge in [0.25, 0.3) is 11.7 Å². The fourth-order valence-electron chi connectivity index (χ4n) is 2.76. The van der Waals surface area contributed by atoms with Gasteiger partial charge in [-0.3, -0.25) is 9.59 Å². The van der Waals surface area contributed by atoms with Gasteiger partial charge in [0.05, 0.1) is 12.5 Å². The number of rotatable bonds is 3. The minimum atomic E-state index is -1.75. The summed E-state index contributed by atoms with van der Waals surface area (Å²) in [6.45, 7) is 0. The second-order valence-corrected chi connectivity index (χ2v) is 5.10. The number of aliphatic hydroxyl groups is 1. The number of fused-ring (bicyclic) bond motifs is 1. The molecule has 6 heteroatoms. The molecule has 3 rings (SSSR count). The number of hydrogen-bond acceptors (Lipinski definition) is 5. The summed E-state index contributed by atoms with van der Waals surface area (Å²) in [5.41, 5.74) is 7.02. The van der Waals surface area contributed by atoms with E-state index in [1.165, 1.54) is 0 Å². The number of ether oxygens (including phenoxy) is 2. The molecule has 1 fully saturated rings. The summed E-state index contributed by atoms with van der Waals surface area (Å²) in [7, 11) is 0. The van der Waals surface area contributed by atoms with Crippen LogP contribution >= 0.6 is 0 Å². The number of aliphatic hydroxyl groups excluding tert-OH is 1. The average Bonchev–Trinajstić information content (AvgIpc) is 2.94. The molecular formula is C14H15NO5. The van der Waals surface area contributed by atoms with Crippen LogP contribution < -0.4 is 5.73 Å². The van der Waals surface area contributed by atoms with Crippen LogP contribution in [-0.2, 0) is 25.5 Å². The molecular weight excluding hydrogens is 262 g/mol. The monoisotopic (exact) mass is 277 g/mol. The quantitative estimate of drug-likeness (QED) is 0.768. The Kier molecular flexibility index (Phi) is 2.99. The SMILES string of the molecule is NC(=O)C1(OC2Cc3ccccc3C2O)CCC(=O)O1. The lowest BCUT2D eigenvalue weighted by molar-refractivity contribution is -0.235. The number of cyclic esters (lactones) is 1. The molecule has 0 radical (unpaired) electrons. The number of primary amides is 1. The van der Waals surface area contributed by atoms with Gasteiger partial charge < -0.3 is 20.3 Å². The van der Waals surface area contributed by atoms with Gasteiger partial charge in [0.15, 0.2) is 0 Å². The molecule has 1 saturated heterocycles. The highest BCUT2D eigenvalue weighted by atomic mass is 16.7. The fraction of sp³-hybridized carbons (Fsp3) is 0.429. The maximum atomic E-state index is 11.6. The van der Waals surface area contributed by atoms with E-state index in [4.69, 9.17) is 15.2 Å². The van der Waals surface area contributed by atoms with Gasteiger partial charge in [0.1, 0.15) is 6.10 Å². The van der Waals surface area contributed by atoms with E-state index in [1.807, 2.05) is 18.2 Å². The zero-order valence-corrected chi connectivity index (χ0v) is 10.7. The molecule has 20 heavy (non-hydrogen) atoms. The van der Waals surface area contributed by atoms with Crippen molar-refractivity contribution in [2.24, 2.45) is 5.73 Å². The fourth-order valence-corrected chi connectivity index (χ4v) is 2.76. The first-order valence-corrected chi connectivity index (χ1v) is 6.47. The van der Waals surface area contributed by atoms with E-state index < -0.39 is 29.9 Å². The number of esters is 1. The highest BCUT2D eigenvalue weighted by molar-refractivity contribution is 5.88. The highest BCUT2D eigenvalue weighted by Gasteiger charge is 2.51. The lowest BCUT2D eigenvalue weighted by Gasteiger charge is -2.29. The van der Waals surface area contributed by atoms with Crippen LogP contribution in [0.15, 0.2) is 24.3 Å². The van der Waals surface area contributed by atoms with Crippen LogP contribution in [-0.4, -0.2) is 28.9 Å². The van der Waals surface area contributed by atoms with Gasteiger partial charge >= 0.3 is 5.97 Å².